The molecule has 1 unspecified atom stereocenters. The highest BCUT2D eigenvalue weighted by molar-refractivity contribution is 6.14. The number of nitrogens with one attached hydrogen (secondary N) is 1. The molecule has 146 valence electrons. The highest BCUT2D eigenvalue weighted by Crippen LogP contribution is 2.23. The number of nitriles is 1. The van der Waals surface area contributed by atoms with Crippen molar-refractivity contribution in [2.24, 2.45) is 4.99 Å². The number of aromatic nitrogens is 1. The largest absolute Gasteiger partial charge is 0.491 e. The number of carbonyl (C=O) groups is 1. The Hall–Kier alpha value is -3.27. The number of amides is 1. The monoisotopic (exact) mass is 380 g/mol. The van der Waals surface area contributed by atoms with Crippen LogP contribution < -0.4 is 10.1 Å². The summed E-state index contributed by atoms with van der Waals surface area (Å²) in [6.45, 7) is 5.01. The van der Waals surface area contributed by atoms with Gasteiger partial charge in [0.05, 0.1) is 18.4 Å². The second-order valence-electron chi connectivity index (χ2n) is 6.75. The number of hydrogen-bond donors (Lipinski definition) is 1. The van der Waals surface area contributed by atoms with Crippen molar-refractivity contribution in [1.29, 1.82) is 5.26 Å². The number of alkyl carbamates (subject to hydrolysis) is 1. The van der Waals surface area contributed by atoms with Crippen LogP contribution in [0.5, 0.6) is 5.75 Å². The minimum absolute atomic E-state index is 0.0722. The van der Waals surface area contributed by atoms with Gasteiger partial charge in [-0.15, -0.1) is 0 Å². The molecule has 1 amide bonds. The van der Waals surface area contributed by atoms with Crippen molar-refractivity contribution in [3.05, 3.63) is 52.8 Å². The van der Waals surface area contributed by atoms with E-state index in [0.29, 0.717) is 25.2 Å². The van der Waals surface area contributed by atoms with Crippen LogP contribution >= 0.6 is 0 Å². The number of carbonyl (C=O) groups excluding carboxylic acids is 1. The first kappa shape index (κ1) is 19.5. The van der Waals surface area contributed by atoms with Crippen molar-refractivity contribution < 1.29 is 14.3 Å². The lowest BCUT2D eigenvalue weighted by Crippen LogP contribution is -2.29. The van der Waals surface area contributed by atoms with E-state index in [2.05, 4.69) is 16.4 Å². The molecule has 2 heterocycles. The number of cyclic esters (lactones) is 1. The number of fused-ring (bicyclic) bond motifs is 4. The molecule has 28 heavy (non-hydrogen) atoms. The quantitative estimate of drug-likeness (QED) is 0.761. The van der Waals surface area contributed by atoms with Crippen molar-refractivity contribution in [2.45, 2.75) is 32.9 Å². The molecule has 1 N–H and O–H groups in total. The third-order valence-corrected chi connectivity index (χ3v) is 4.70. The van der Waals surface area contributed by atoms with Gasteiger partial charge in [0.2, 0.25) is 0 Å². The van der Waals surface area contributed by atoms with E-state index in [1.54, 1.807) is 17.7 Å². The van der Waals surface area contributed by atoms with Crippen molar-refractivity contribution in [2.75, 3.05) is 20.2 Å². The number of nitrogens with zero attached hydrogens (tertiary/aromatic N) is 3. The zero-order valence-corrected chi connectivity index (χ0v) is 16.4. The van der Waals surface area contributed by atoms with E-state index in [1.807, 2.05) is 38.2 Å². The minimum Gasteiger partial charge on any atom is -0.491 e. The number of ether oxygens (including phenoxy) is 2. The highest BCUT2D eigenvalue weighted by Gasteiger charge is 2.16. The summed E-state index contributed by atoms with van der Waals surface area (Å²) in [5.74, 6) is 0.740. The van der Waals surface area contributed by atoms with Gasteiger partial charge in [0.15, 0.2) is 0 Å². The summed E-state index contributed by atoms with van der Waals surface area (Å²) in [5, 5.41) is 12.2. The minimum atomic E-state index is -0.474. The van der Waals surface area contributed by atoms with Crippen molar-refractivity contribution in [1.82, 2.24) is 9.88 Å². The van der Waals surface area contributed by atoms with E-state index >= 15 is 0 Å². The third-order valence-electron chi connectivity index (χ3n) is 4.70. The SMILES string of the molecule is C/N=C1/c2cc(C#N)n(c2)CCOC(=O)NCCC(C)Oc2ccc(C)c1c2. The predicted molar refractivity (Wildman–Crippen MR) is 106 cm³/mol. The summed E-state index contributed by atoms with van der Waals surface area (Å²) in [6, 6.07) is 9.90. The van der Waals surface area contributed by atoms with Gasteiger partial charge in [-0.25, -0.2) is 4.79 Å². The molecular formula is C21H24N4O3. The average Bonchev–Trinajstić information content (AvgIpc) is 3.07. The molecule has 0 aliphatic carbocycles. The first-order valence-corrected chi connectivity index (χ1v) is 9.27. The lowest BCUT2D eigenvalue weighted by Gasteiger charge is -2.17. The summed E-state index contributed by atoms with van der Waals surface area (Å²) in [6.07, 6.45) is 1.98. The molecule has 7 heteroatoms. The van der Waals surface area contributed by atoms with Crippen LogP contribution in [-0.4, -0.2) is 42.7 Å². The summed E-state index contributed by atoms with van der Waals surface area (Å²) in [7, 11) is 1.74. The highest BCUT2D eigenvalue weighted by atomic mass is 16.5. The Balaban J connectivity index is 2.04. The predicted octanol–water partition coefficient (Wildman–Crippen LogP) is 3.03. The standard InChI is InChI=1S/C21H24N4O3/c1-14-4-5-18-11-19(14)20(23-3)16-10-17(12-22)25(13-16)8-9-27-21(26)24-7-6-15(2)28-18/h4-5,10-11,13,15H,6-9H2,1-3H3,(H,24,26)/b23-20-. The van der Waals surface area contributed by atoms with Crippen LogP contribution in [-0.2, 0) is 11.3 Å². The Kier molecular flexibility index (Phi) is 5.99. The van der Waals surface area contributed by atoms with Crippen LogP contribution in [0.2, 0.25) is 0 Å². The van der Waals surface area contributed by atoms with Crippen LogP contribution in [0.1, 0.15) is 35.7 Å². The number of benzene rings is 1. The number of aryl methyl sites for hydroxylation is 1. The lowest BCUT2D eigenvalue weighted by atomic mass is 9.99. The maximum atomic E-state index is 11.8. The Labute approximate surface area is 164 Å². The van der Waals surface area contributed by atoms with E-state index in [0.717, 1.165) is 28.2 Å². The number of rotatable bonds is 0. The van der Waals surface area contributed by atoms with Crippen LogP contribution in [0, 0.1) is 18.3 Å². The van der Waals surface area contributed by atoms with Crippen LogP contribution in [0.25, 0.3) is 0 Å². The van der Waals surface area contributed by atoms with Gasteiger partial charge in [0.1, 0.15) is 24.1 Å². The van der Waals surface area contributed by atoms with Gasteiger partial charge in [0.25, 0.3) is 0 Å². The van der Waals surface area contributed by atoms with Gasteiger partial charge < -0.3 is 19.4 Å². The summed E-state index contributed by atoms with van der Waals surface area (Å²) >= 11 is 0. The van der Waals surface area contributed by atoms with E-state index in [-0.39, 0.29) is 12.7 Å². The Morgan fingerprint density at radius 1 is 1.36 bits per heavy atom. The van der Waals surface area contributed by atoms with E-state index in [1.165, 1.54) is 0 Å². The lowest BCUT2D eigenvalue weighted by molar-refractivity contribution is 0.139. The molecule has 4 bridgehead atoms. The molecule has 0 saturated carbocycles. The van der Waals surface area contributed by atoms with Gasteiger partial charge in [-0.3, -0.25) is 4.99 Å². The molecule has 1 atom stereocenters. The Bertz CT molecular complexity index is 940. The van der Waals surface area contributed by atoms with Crippen molar-refractivity contribution in [3.63, 3.8) is 0 Å². The molecule has 1 aromatic heterocycles. The second-order valence-corrected chi connectivity index (χ2v) is 6.75. The molecule has 0 spiro atoms. The first-order valence-electron chi connectivity index (χ1n) is 9.27. The summed E-state index contributed by atoms with van der Waals surface area (Å²) < 4.78 is 13.0. The Morgan fingerprint density at radius 2 is 2.18 bits per heavy atom. The van der Waals surface area contributed by atoms with Crippen LogP contribution in [0.15, 0.2) is 35.5 Å². The zero-order chi connectivity index (χ0) is 20.1. The van der Waals surface area contributed by atoms with E-state index < -0.39 is 6.09 Å². The fraction of sp³-hybridized carbons (Fsp3) is 0.381. The van der Waals surface area contributed by atoms with Crippen LogP contribution in [0.4, 0.5) is 4.79 Å². The normalized spacial score (nSPS) is 19.3. The maximum absolute atomic E-state index is 11.8. The Morgan fingerprint density at radius 3 is 2.93 bits per heavy atom. The van der Waals surface area contributed by atoms with Gasteiger partial charge in [-0.05, 0) is 37.6 Å². The molecule has 1 aromatic carbocycles. The number of aliphatic imine (C=N–C) groups is 1. The molecule has 0 saturated heterocycles. The molecule has 0 radical (unpaired) electrons. The molecular weight excluding hydrogens is 356 g/mol. The molecule has 1 aliphatic rings. The third kappa shape index (κ3) is 4.34. The number of hydrogen-bond acceptors (Lipinski definition) is 5. The maximum Gasteiger partial charge on any atom is 0.407 e. The van der Waals surface area contributed by atoms with Crippen molar-refractivity contribution in [3.8, 4) is 11.8 Å². The van der Waals surface area contributed by atoms with Crippen LogP contribution in [0.3, 0.4) is 0 Å². The fourth-order valence-corrected chi connectivity index (χ4v) is 3.21. The van der Waals surface area contributed by atoms with Gasteiger partial charge in [-0.2, -0.15) is 5.26 Å². The molecule has 2 aromatic rings. The van der Waals surface area contributed by atoms with Gasteiger partial charge >= 0.3 is 6.09 Å². The zero-order valence-electron chi connectivity index (χ0n) is 16.4. The average molecular weight is 380 g/mol. The fourth-order valence-electron chi connectivity index (χ4n) is 3.21. The second kappa shape index (κ2) is 8.61. The van der Waals surface area contributed by atoms with Gasteiger partial charge in [-0.1, -0.05) is 6.07 Å². The topological polar surface area (TPSA) is 88.6 Å². The summed E-state index contributed by atoms with van der Waals surface area (Å²) in [4.78, 5) is 16.3. The molecule has 3 rings (SSSR count). The van der Waals surface area contributed by atoms with Crippen molar-refractivity contribution >= 4 is 11.8 Å². The molecule has 1 aliphatic heterocycles. The van der Waals surface area contributed by atoms with E-state index in [9.17, 15) is 10.1 Å². The van der Waals surface area contributed by atoms with E-state index in [4.69, 9.17) is 9.47 Å². The van der Waals surface area contributed by atoms with Gasteiger partial charge in [0, 0.05) is 37.3 Å². The molecule has 0 fully saturated rings. The summed E-state index contributed by atoms with van der Waals surface area (Å²) in [5.41, 5.74) is 4.15. The smallest absolute Gasteiger partial charge is 0.407 e. The molecule has 7 nitrogen and oxygen atoms in total. The first-order chi connectivity index (χ1) is 13.5.